The van der Waals surface area contributed by atoms with Crippen molar-refractivity contribution in [3.8, 4) is 0 Å². The standard InChI is InChI=1S/C14H18ClNOS/c1-18-11-4-3-8-16(9-7-11)14-6-2-5-13(15)12(14)10-17/h2,5-6,10-11H,3-4,7-9H2,1H3. The van der Waals surface area contributed by atoms with E-state index in [1.54, 1.807) is 6.07 Å². The lowest BCUT2D eigenvalue weighted by atomic mass is 10.1. The molecule has 0 aromatic heterocycles. The minimum Gasteiger partial charge on any atom is -0.371 e. The molecule has 1 aliphatic heterocycles. The lowest BCUT2D eigenvalue weighted by molar-refractivity contribution is 0.112. The second kappa shape index (κ2) is 6.48. The van der Waals surface area contributed by atoms with E-state index in [1.165, 1.54) is 19.3 Å². The van der Waals surface area contributed by atoms with Gasteiger partial charge < -0.3 is 4.90 Å². The second-order valence-corrected chi connectivity index (χ2v) is 6.11. The smallest absolute Gasteiger partial charge is 0.153 e. The summed E-state index contributed by atoms with van der Waals surface area (Å²) in [5, 5.41) is 1.29. The van der Waals surface area contributed by atoms with Crippen LogP contribution < -0.4 is 4.90 Å². The molecule has 1 atom stereocenters. The van der Waals surface area contributed by atoms with Crippen LogP contribution in [0.5, 0.6) is 0 Å². The summed E-state index contributed by atoms with van der Waals surface area (Å²) in [6, 6.07) is 5.69. The van der Waals surface area contributed by atoms with Crippen LogP contribution in [0.25, 0.3) is 0 Å². The first-order valence-electron chi connectivity index (χ1n) is 6.27. The number of carbonyl (C=O) groups is 1. The number of nitrogens with zero attached hydrogens (tertiary/aromatic N) is 1. The quantitative estimate of drug-likeness (QED) is 0.786. The second-order valence-electron chi connectivity index (χ2n) is 4.57. The minimum atomic E-state index is 0.549. The van der Waals surface area contributed by atoms with Crippen LogP contribution in [-0.4, -0.2) is 30.9 Å². The average molecular weight is 284 g/mol. The Morgan fingerprint density at radius 2 is 2.22 bits per heavy atom. The van der Waals surface area contributed by atoms with Crippen LogP contribution in [0.4, 0.5) is 5.69 Å². The summed E-state index contributed by atoms with van der Waals surface area (Å²) in [5.41, 5.74) is 1.61. The van der Waals surface area contributed by atoms with Crippen molar-refractivity contribution in [2.45, 2.75) is 24.5 Å². The zero-order chi connectivity index (χ0) is 13.0. The van der Waals surface area contributed by atoms with Gasteiger partial charge in [0, 0.05) is 24.0 Å². The zero-order valence-electron chi connectivity index (χ0n) is 10.6. The lowest BCUT2D eigenvalue weighted by Gasteiger charge is -2.24. The van der Waals surface area contributed by atoms with E-state index in [0.29, 0.717) is 10.6 Å². The highest BCUT2D eigenvalue weighted by Crippen LogP contribution is 2.29. The van der Waals surface area contributed by atoms with Crippen LogP contribution >= 0.6 is 23.4 Å². The van der Waals surface area contributed by atoms with Gasteiger partial charge in [0.15, 0.2) is 6.29 Å². The Kier molecular flexibility index (Phi) is 4.95. The number of hydrogen-bond acceptors (Lipinski definition) is 3. The molecular weight excluding hydrogens is 266 g/mol. The van der Waals surface area contributed by atoms with Crippen molar-refractivity contribution < 1.29 is 4.79 Å². The molecule has 1 unspecified atom stereocenters. The molecule has 4 heteroatoms. The first-order valence-corrected chi connectivity index (χ1v) is 7.94. The van der Waals surface area contributed by atoms with E-state index in [0.717, 1.165) is 30.3 Å². The SMILES string of the molecule is CSC1CCCN(c2cccc(Cl)c2C=O)CC1. The number of carbonyl (C=O) groups excluding carboxylic acids is 1. The minimum absolute atomic E-state index is 0.549. The maximum Gasteiger partial charge on any atom is 0.153 e. The molecule has 18 heavy (non-hydrogen) atoms. The molecule has 0 radical (unpaired) electrons. The molecule has 1 saturated heterocycles. The number of benzene rings is 1. The summed E-state index contributed by atoms with van der Waals surface area (Å²) >= 11 is 8.03. The fourth-order valence-corrected chi connectivity index (χ4v) is 3.42. The largest absolute Gasteiger partial charge is 0.371 e. The van der Waals surface area contributed by atoms with E-state index in [9.17, 15) is 4.79 Å². The van der Waals surface area contributed by atoms with E-state index in [1.807, 2.05) is 23.9 Å². The van der Waals surface area contributed by atoms with Crippen LogP contribution in [0.2, 0.25) is 5.02 Å². The number of rotatable bonds is 3. The fraction of sp³-hybridized carbons (Fsp3) is 0.500. The van der Waals surface area contributed by atoms with E-state index in [4.69, 9.17) is 11.6 Å². The van der Waals surface area contributed by atoms with Gasteiger partial charge in [-0.05, 0) is 37.7 Å². The van der Waals surface area contributed by atoms with Gasteiger partial charge in [-0.3, -0.25) is 4.79 Å². The van der Waals surface area contributed by atoms with Crippen LogP contribution in [-0.2, 0) is 0 Å². The number of halogens is 1. The molecular formula is C14H18ClNOS. The van der Waals surface area contributed by atoms with E-state index >= 15 is 0 Å². The van der Waals surface area contributed by atoms with Crippen LogP contribution in [0, 0.1) is 0 Å². The lowest BCUT2D eigenvalue weighted by Crippen LogP contribution is -2.25. The van der Waals surface area contributed by atoms with E-state index < -0.39 is 0 Å². The molecule has 98 valence electrons. The Balaban J connectivity index is 2.21. The monoisotopic (exact) mass is 283 g/mol. The molecule has 1 heterocycles. The summed E-state index contributed by atoms with van der Waals surface area (Å²) in [7, 11) is 0. The van der Waals surface area contributed by atoms with Gasteiger partial charge in [-0.1, -0.05) is 17.7 Å². The Morgan fingerprint density at radius 3 is 2.94 bits per heavy atom. The zero-order valence-corrected chi connectivity index (χ0v) is 12.1. The van der Waals surface area contributed by atoms with Crippen LogP contribution in [0.1, 0.15) is 29.6 Å². The molecule has 1 fully saturated rings. The van der Waals surface area contributed by atoms with Crippen molar-refractivity contribution in [1.82, 2.24) is 0 Å². The molecule has 0 amide bonds. The predicted molar refractivity (Wildman–Crippen MR) is 80.2 cm³/mol. The van der Waals surface area contributed by atoms with Crippen molar-refractivity contribution in [2.75, 3.05) is 24.2 Å². The molecule has 0 N–H and O–H groups in total. The van der Waals surface area contributed by atoms with E-state index in [2.05, 4.69) is 11.2 Å². The van der Waals surface area contributed by atoms with Crippen molar-refractivity contribution >= 4 is 35.3 Å². The van der Waals surface area contributed by atoms with Gasteiger partial charge in [0.1, 0.15) is 0 Å². The molecule has 1 aromatic carbocycles. The normalized spacial score (nSPS) is 20.6. The Morgan fingerprint density at radius 1 is 1.39 bits per heavy atom. The summed E-state index contributed by atoms with van der Waals surface area (Å²) in [6.07, 6.45) is 6.65. The molecule has 0 saturated carbocycles. The van der Waals surface area contributed by atoms with Crippen molar-refractivity contribution in [2.24, 2.45) is 0 Å². The van der Waals surface area contributed by atoms with Crippen LogP contribution in [0.3, 0.4) is 0 Å². The highest BCUT2D eigenvalue weighted by molar-refractivity contribution is 7.99. The topological polar surface area (TPSA) is 20.3 Å². The van der Waals surface area contributed by atoms with Gasteiger partial charge in [0.25, 0.3) is 0 Å². The summed E-state index contributed by atoms with van der Waals surface area (Å²) in [5.74, 6) is 0. The Bertz CT molecular complexity index is 424. The highest BCUT2D eigenvalue weighted by atomic mass is 35.5. The van der Waals surface area contributed by atoms with E-state index in [-0.39, 0.29) is 0 Å². The van der Waals surface area contributed by atoms with Gasteiger partial charge in [0.05, 0.1) is 10.6 Å². The van der Waals surface area contributed by atoms with Gasteiger partial charge in [-0.2, -0.15) is 11.8 Å². The first-order chi connectivity index (χ1) is 8.76. The molecule has 0 aliphatic carbocycles. The van der Waals surface area contributed by atoms with Gasteiger partial charge in [-0.15, -0.1) is 0 Å². The van der Waals surface area contributed by atoms with Gasteiger partial charge in [0.2, 0.25) is 0 Å². The maximum atomic E-state index is 11.2. The molecule has 2 rings (SSSR count). The van der Waals surface area contributed by atoms with Crippen molar-refractivity contribution in [3.05, 3.63) is 28.8 Å². The fourth-order valence-electron chi connectivity index (χ4n) is 2.46. The van der Waals surface area contributed by atoms with Crippen molar-refractivity contribution in [3.63, 3.8) is 0 Å². The third kappa shape index (κ3) is 3.01. The van der Waals surface area contributed by atoms with Crippen molar-refractivity contribution in [1.29, 1.82) is 0 Å². The molecule has 0 bridgehead atoms. The molecule has 2 nitrogen and oxygen atoms in total. The Labute approximate surface area is 118 Å². The maximum absolute atomic E-state index is 11.2. The highest BCUT2D eigenvalue weighted by Gasteiger charge is 2.19. The molecule has 1 aliphatic rings. The number of aldehydes is 1. The predicted octanol–water partition coefficient (Wildman–Crippen LogP) is 3.87. The summed E-state index contributed by atoms with van der Waals surface area (Å²) in [4.78, 5) is 13.5. The number of thioether (sulfide) groups is 1. The third-order valence-corrected chi connectivity index (χ3v) is 4.96. The average Bonchev–Trinajstić information content (AvgIpc) is 2.63. The summed E-state index contributed by atoms with van der Waals surface area (Å²) in [6.45, 7) is 2.02. The number of hydrogen-bond donors (Lipinski definition) is 0. The van der Waals surface area contributed by atoms with Gasteiger partial charge in [-0.25, -0.2) is 0 Å². The third-order valence-electron chi connectivity index (χ3n) is 3.50. The Hall–Kier alpha value is -0.670. The summed E-state index contributed by atoms with van der Waals surface area (Å²) < 4.78 is 0. The molecule has 0 spiro atoms. The van der Waals surface area contributed by atoms with Gasteiger partial charge >= 0.3 is 0 Å². The first kappa shape index (κ1) is 13.8. The molecule has 1 aromatic rings. The van der Waals surface area contributed by atoms with Crippen LogP contribution in [0.15, 0.2) is 18.2 Å². The number of anilines is 1.